The highest BCUT2D eigenvalue weighted by Crippen LogP contribution is 2.65. The van der Waals surface area contributed by atoms with Crippen molar-refractivity contribution < 1.29 is 96.1 Å². The number of carbonyl (C=O) groups is 11. The fraction of sp³-hybridized carbons (Fsp3) is 0.523. The molecule has 1 aliphatic heterocycles. The lowest BCUT2D eigenvalue weighted by molar-refractivity contribution is -0.340. The van der Waals surface area contributed by atoms with Gasteiger partial charge >= 0.3 is 30.2 Å². The zero-order valence-corrected chi connectivity index (χ0v) is 52.5. The molecule has 3 fully saturated rings. The number of nitrogens with one attached hydrogen (secondary N) is 4. The van der Waals surface area contributed by atoms with E-state index in [0.717, 1.165) is 0 Å². The first-order valence-electron chi connectivity index (χ1n) is 29.6. The molecular formula is C65H81N5O20. The number of aliphatic hydroxyl groups excluding tert-OH is 1. The molecule has 0 aromatic heterocycles. The maximum absolute atomic E-state index is 15.5. The number of benzene rings is 3. The van der Waals surface area contributed by atoms with E-state index in [1.807, 2.05) is 0 Å². The molecule has 1 heterocycles. The van der Waals surface area contributed by atoms with Gasteiger partial charge in [-0.3, -0.25) is 28.8 Å². The van der Waals surface area contributed by atoms with E-state index in [1.165, 1.54) is 83.1 Å². The van der Waals surface area contributed by atoms with E-state index < -0.39 is 173 Å². The Balaban J connectivity index is 1.20. The molecule has 2 bridgehead atoms. The maximum atomic E-state index is 15.5. The van der Waals surface area contributed by atoms with Gasteiger partial charge < -0.3 is 75.2 Å². The Morgan fingerprint density at radius 3 is 2.00 bits per heavy atom. The van der Waals surface area contributed by atoms with Crippen molar-refractivity contribution in [3.05, 3.63) is 113 Å². The van der Waals surface area contributed by atoms with Gasteiger partial charge in [-0.05, 0) is 100 Å². The summed E-state index contributed by atoms with van der Waals surface area (Å²) in [6.07, 6.45) is -12.0. The van der Waals surface area contributed by atoms with Gasteiger partial charge in [0.05, 0.1) is 24.5 Å². The average Bonchev–Trinajstić information content (AvgIpc) is 0.675. The zero-order valence-electron chi connectivity index (χ0n) is 52.5. The number of hydrogen-bond acceptors (Lipinski definition) is 20. The first-order valence-corrected chi connectivity index (χ1v) is 29.6. The van der Waals surface area contributed by atoms with Crippen LogP contribution < -0.4 is 27.0 Å². The molecular weight excluding hydrogens is 1170 g/mol. The van der Waals surface area contributed by atoms with Crippen molar-refractivity contribution >= 4 is 71.0 Å². The standard InChI is InChI=1S/C65H81N5O20/c1-33(27-35(3)71)54(76)67-37(5)55(77)69-43(29-46(66)73)56(78)68-42-25-23-39(24-26-42)31-84-60(82)87-50(48(40-19-15-13-16-20-40)70-59(81)90-61(7,8)9)58(80)86-44-30-65(83)53(88-57(79)41-21-17-14-18-22-41)51-63(12,52(75)49(74)47(36(44)4)62(65,10)11)34(2)28-45-64(51,32-85-45)89-38(6)72/h13-26,33-34,37,43-45,48-51,53,74,83H,27-32H2,1-12H3,(H2,66,73)(H,67,76)(H,68,78)(H,69,77)(H,70,81)/t33-,34-,37+,43+,44?,45?,48-,49+,50?,51-,53-,63+,64-,65+/m0/s1. The summed E-state index contributed by atoms with van der Waals surface area (Å²) in [6.45, 7) is 17.3. The van der Waals surface area contributed by atoms with Gasteiger partial charge in [0, 0.05) is 42.2 Å². The van der Waals surface area contributed by atoms with Crippen molar-refractivity contribution in [2.45, 2.75) is 181 Å². The number of carbonyl (C=O) groups excluding carboxylic acids is 11. The Kier molecular flexibility index (Phi) is 20.9. The van der Waals surface area contributed by atoms with Crippen LogP contribution in [0.25, 0.3) is 0 Å². The number of alkyl carbamates (subject to hydrolysis) is 1. The van der Waals surface area contributed by atoms with Crippen LogP contribution in [0.5, 0.6) is 0 Å². The molecule has 0 radical (unpaired) electrons. The number of nitrogens with two attached hydrogens (primary N) is 1. The van der Waals surface area contributed by atoms with Crippen LogP contribution in [0, 0.1) is 28.6 Å². The molecule has 90 heavy (non-hydrogen) atoms. The van der Waals surface area contributed by atoms with Gasteiger partial charge in [0.2, 0.25) is 29.7 Å². The van der Waals surface area contributed by atoms with Gasteiger partial charge in [0.25, 0.3) is 0 Å². The number of Topliss-reactive ketones (excluding diaryl/α,β-unsaturated/α-hetero) is 2. The van der Waals surface area contributed by atoms with Gasteiger partial charge in [-0.15, -0.1) is 0 Å². The molecule has 3 aromatic carbocycles. The fourth-order valence-electron chi connectivity index (χ4n) is 12.8. The summed E-state index contributed by atoms with van der Waals surface area (Å²) in [6, 6.07) is 17.1. The molecule has 0 spiro atoms. The van der Waals surface area contributed by atoms with Crippen LogP contribution in [0.2, 0.25) is 0 Å². The Bertz CT molecular complexity index is 3290. The van der Waals surface area contributed by atoms with Crippen LogP contribution in [0.15, 0.2) is 96.1 Å². The third-order valence-electron chi connectivity index (χ3n) is 17.6. The predicted octanol–water partition coefficient (Wildman–Crippen LogP) is 5.31. The van der Waals surface area contributed by atoms with Crippen molar-refractivity contribution in [3.63, 3.8) is 0 Å². The lowest BCUT2D eigenvalue weighted by Gasteiger charge is -2.68. The highest BCUT2D eigenvalue weighted by atomic mass is 16.7. The second kappa shape index (κ2) is 27.3. The van der Waals surface area contributed by atoms with Crippen molar-refractivity contribution in [3.8, 4) is 0 Å². The predicted molar refractivity (Wildman–Crippen MR) is 319 cm³/mol. The maximum Gasteiger partial charge on any atom is 0.509 e. The monoisotopic (exact) mass is 1250 g/mol. The second-order valence-corrected chi connectivity index (χ2v) is 25.5. The molecule has 7 rings (SSSR count). The number of esters is 3. The van der Waals surface area contributed by atoms with Crippen LogP contribution in [0.3, 0.4) is 0 Å². The number of amides is 5. The quantitative estimate of drug-likeness (QED) is 0.0403. The normalized spacial score (nSPS) is 26.5. The van der Waals surface area contributed by atoms with E-state index in [1.54, 1.807) is 84.9 Å². The van der Waals surface area contributed by atoms with Crippen LogP contribution >= 0.6 is 0 Å². The van der Waals surface area contributed by atoms with E-state index in [4.69, 9.17) is 38.9 Å². The van der Waals surface area contributed by atoms with E-state index >= 15 is 9.59 Å². The Hall–Kier alpha value is -8.55. The molecule has 2 saturated carbocycles. The number of aliphatic hydroxyl groups is 2. The molecule has 4 aliphatic rings. The van der Waals surface area contributed by atoms with Crippen molar-refractivity contribution in [2.75, 3.05) is 11.9 Å². The van der Waals surface area contributed by atoms with Crippen LogP contribution in [0.1, 0.15) is 136 Å². The van der Waals surface area contributed by atoms with Gasteiger partial charge in [-0.1, -0.05) is 95.3 Å². The number of anilines is 1. The van der Waals surface area contributed by atoms with Gasteiger partial charge in [0.15, 0.2) is 11.4 Å². The summed E-state index contributed by atoms with van der Waals surface area (Å²) in [5, 5.41) is 36.7. The highest BCUT2D eigenvalue weighted by Gasteiger charge is 2.77. The number of rotatable bonds is 21. The van der Waals surface area contributed by atoms with E-state index in [0.29, 0.717) is 5.56 Å². The molecule has 8 N–H and O–H groups in total. The summed E-state index contributed by atoms with van der Waals surface area (Å²) in [5.74, 6) is -9.99. The summed E-state index contributed by atoms with van der Waals surface area (Å²) in [5.41, 5.74) is -2.45. The largest absolute Gasteiger partial charge is 0.509 e. The Morgan fingerprint density at radius 2 is 1.43 bits per heavy atom. The molecule has 3 aliphatic carbocycles. The number of fused-ring (bicyclic) bond motifs is 5. The first-order chi connectivity index (χ1) is 42.0. The van der Waals surface area contributed by atoms with Crippen LogP contribution in [-0.4, -0.2) is 142 Å². The van der Waals surface area contributed by atoms with E-state index in [9.17, 15) is 53.4 Å². The van der Waals surface area contributed by atoms with Gasteiger partial charge in [-0.2, -0.15) is 0 Å². The summed E-state index contributed by atoms with van der Waals surface area (Å²) in [4.78, 5) is 149. The average molecular weight is 1250 g/mol. The van der Waals surface area contributed by atoms with Crippen molar-refractivity contribution in [1.82, 2.24) is 16.0 Å². The minimum absolute atomic E-state index is 0.0587. The van der Waals surface area contributed by atoms with Gasteiger partial charge in [-0.25, -0.2) is 19.2 Å². The Labute approximate surface area is 521 Å². The molecule has 3 unspecified atom stereocenters. The lowest BCUT2D eigenvalue weighted by Crippen LogP contribution is -2.80. The number of hydrogen-bond donors (Lipinski definition) is 7. The number of primary amides is 1. The molecule has 486 valence electrons. The highest BCUT2D eigenvalue weighted by molar-refractivity contribution is 6.01. The minimum atomic E-state index is -2.42. The summed E-state index contributed by atoms with van der Waals surface area (Å²) < 4.78 is 42.1. The summed E-state index contributed by atoms with van der Waals surface area (Å²) in [7, 11) is 0. The zero-order chi connectivity index (χ0) is 66.6. The van der Waals surface area contributed by atoms with Crippen LogP contribution in [0.4, 0.5) is 15.3 Å². The van der Waals surface area contributed by atoms with Crippen molar-refractivity contribution in [2.24, 2.45) is 34.3 Å². The third-order valence-corrected chi connectivity index (χ3v) is 17.6. The van der Waals surface area contributed by atoms with Crippen LogP contribution in [-0.2, 0) is 78.1 Å². The molecule has 25 heteroatoms. The number of ether oxygens (including phenoxy) is 7. The molecule has 3 aromatic rings. The minimum Gasteiger partial charge on any atom is -0.455 e. The second-order valence-electron chi connectivity index (χ2n) is 25.5. The topological polar surface area (TPSA) is 367 Å². The smallest absolute Gasteiger partial charge is 0.455 e. The fourth-order valence-corrected chi connectivity index (χ4v) is 12.8. The van der Waals surface area contributed by atoms with E-state index in [-0.39, 0.29) is 53.2 Å². The number of ketones is 2. The van der Waals surface area contributed by atoms with Crippen molar-refractivity contribution in [1.29, 1.82) is 0 Å². The molecule has 14 atom stereocenters. The molecule has 1 saturated heterocycles. The third kappa shape index (κ3) is 14.7. The summed E-state index contributed by atoms with van der Waals surface area (Å²) >= 11 is 0. The first kappa shape index (κ1) is 68.9. The Morgan fingerprint density at radius 1 is 0.811 bits per heavy atom. The van der Waals surface area contributed by atoms with Gasteiger partial charge in [0.1, 0.15) is 66.1 Å². The van der Waals surface area contributed by atoms with E-state index in [2.05, 4.69) is 21.3 Å². The lowest BCUT2D eigenvalue weighted by atomic mass is 9.43. The molecule has 5 amide bonds. The SMILES string of the molecule is CC(=O)C[C@H](C)C(=O)N[C@H](C)C(=O)N[C@H](CC(N)=O)C(=O)Nc1ccc(COC(=O)OC(C(=O)OC2C[C@@]3(O)[C@@H](OC(=O)c4ccccc4)[C@H]4[C@](C)(C(=O)[C@H](O)C(=C2C)C3(C)C)[C@@H](C)CC2OC[C@]24OC(C)=O)[C@@H](NC(=O)OC(C)(C)C)c2ccccc2)cc1. The molecule has 25 nitrogen and oxygen atoms in total.